The zero-order valence-corrected chi connectivity index (χ0v) is 15.8. The third kappa shape index (κ3) is 7.15. The standard InChI is InChI=1S/C18H16ClF3N2O5/c1-27-12-2-4-13(5-3-12)28-7-6-16(26)29-10-15(25)24-17-14(19)8-11(9-23-17)18(20,21)22/h2-5,8-9H,6-7,10H2,1H3,(H,23,24,25). The molecule has 1 aromatic heterocycles. The van der Waals surface area contributed by atoms with E-state index in [9.17, 15) is 22.8 Å². The molecule has 0 aliphatic rings. The van der Waals surface area contributed by atoms with E-state index in [2.05, 4.69) is 10.3 Å². The van der Waals surface area contributed by atoms with Gasteiger partial charge in [-0.2, -0.15) is 13.2 Å². The van der Waals surface area contributed by atoms with Crippen molar-refractivity contribution in [3.8, 4) is 11.5 Å². The van der Waals surface area contributed by atoms with Gasteiger partial charge in [0, 0.05) is 6.20 Å². The van der Waals surface area contributed by atoms with Crippen molar-refractivity contribution < 1.29 is 37.0 Å². The van der Waals surface area contributed by atoms with Crippen molar-refractivity contribution in [2.75, 3.05) is 25.6 Å². The lowest BCUT2D eigenvalue weighted by molar-refractivity contribution is -0.147. The Balaban J connectivity index is 1.73. The number of methoxy groups -OCH3 is 1. The summed E-state index contributed by atoms with van der Waals surface area (Å²) in [6.07, 6.45) is -4.19. The number of hydrogen-bond donors (Lipinski definition) is 1. The van der Waals surface area contributed by atoms with Crippen molar-refractivity contribution in [1.29, 1.82) is 0 Å². The second kappa shape index (κ2) is 9.97. The predicted octanol–water partition coefficient (Wildman–Crippen LogP) is 3.71. The van der Waals surface area contributed by atoms with Gasteiger partial charge in [-0.1, -0.05) is 11.6 Å². The zero-order chi connectivity index (χ0) is 21.4. The highest BCUT2D eigenvalue weighted by atomic mass is 35.5. The van der Waals surface area contributed by atoms with Crippen LogP contribution in [0.3, 0.4) is 0 Å². The number of ether oxygens (including phenoxy) is 3. The summed E-state index contributed by atoms with van der Waals surface area (Å²) in [6.45, 7) is -0.626. The van der Waals surface area contributed by atoms with Crippen LogP contribution in [0.5, 0.6) is 11.5 Å². The van der Waals surface area contributed by atoms with E-state index < -0.39 is 35.2 Å². The highest BCUT2D eigenvalue weighted by Crippen LogP contribution is 2.32. The van der Waals surface area contributed by atoms with Crippen LogP contribution in [0.25, 0.3) is 0 Å². The maximum Gasteiger partial charge on any atom is 0.417 e. The lowest BCUT2D eigenvalue weighted by Crippen LogP contribution is -2.22. The van der Waals surface area contributed by atoms with E-state index in [-0.39, 0.29) is 18.8 Å². The molecule has 0 saturated carbocycles. The molecule has 0 unspecified atom stereocenters. The monoisotopic (exact) mass is 432 g/mol. The quantitative estimate of drug-likeness (QED) is 0.640. The van der Waals surface area contributed by atoms with Gasteiger partial charge in [-0.25, -0.2) is 4.98 Å². The van der Waals surface area contributed by atoms with Gasteiger partial charge in [0.15, 0.2) is 12.4 Å². The average molecular weight is 433 g/mol. The van der Waals surface area contributed by atoms with Gasteiger partial charge >= 0.3 is 12.1 Å². The zero-order valence-electron chi connectivity index (χ0n) is 15.1. The average Bonchev–Trinajstić information content (AvgIpc) is 2.67. The molecule has 0 aliphatic carbocycles. The molecule has 1 amide bonds. The van der Waals surface area contributed by atoms with Gasteiger partial charge in [-0.3, -0.25) is 9.59 Å². The molecule has 1 aromatic carbocycles. The summed E-state index contributed by atoms with van der Waals surface area (Å²) in [5, 5.41) is 1.77. The van der Waals surface area contributed by atoms with Crippen molar-refractivity contribution in [2.45, 2.75) is 12.6 Å². The molecule has 0 bridgehead atoms. The number of nitrogens with one attached hydrogen (secondary N) is 1. The number of alkyl halides is 3. The van der Waals surface area contributed by atoms with Crippen molar-refractivity contribution in [2.24, 2.45) is 0 Å². The van der Waals surface area contributed by atoms with E-state index in [4.69, 9.17) is 25.8 Å². The number of aromatic nitrogens is 1. The van der Waals surface area contributed by atoms with Crippen LogP contribution in [-0.4, -0.2) is 37.2 Å². The molecule has 1 heterocycles. The Hall–Kier alpha value is -3.01. The van der Waals surface area contributed by atoms with Crippen LogP contribution in [0.1, 0.15) is 12.0 Å². The Labute approximate surface area is 168 Å². The maximum atomic E-state index is 12.6. The lowest BCUT2D eigenvalue weighted by Gasteiger charge is -2.10. The van der Waals surface area contributed by atoms with Gasteiger partial charge in [-0.05, 0) is 30.3 Å². The lowest BCUT2D eigenvalue weighted by atomic mass is 10.3. The van der Waals surface area contributed by atoms with Crippen LogP contribution < -0.4 is 14.8 Å². The normalized spacial score (nSPS) is 10.9. The third-order valence-corrected chi connectivity index (χ3v) is 3.71. The fourth-order valence-corrected chi connectivity index (χ4v) is 2.21. The molecule has 0 aliphatic heterocycles. The summed E-state index contributed by atoms with van der Waals surface area (Å²) in [7, 11) is 1.53. The highest BCUT2D eigenvalue weighted by molar-refractivity contribution is 6.33. The largest absolute Gasteiger partial charge is 0.497 e. The minimum atomic E-state index is -4.61. The van der Waals surface area contributed by atoms with Crippen molar-refractivity contribution in [1.82, 2.24) is 4.98 Å². The van der Waals surface area contributed by atoms with Crippen LogP contribution in [0.2, 0.25) is 5.02 Å². The number of benzene rings is 1. The first kappa shape index (κ1) is 22.3. The summed E-state index contributed by atoms with van der Waals surface area (Å²) in [5.74, 6) is -0.586. The summed E-state index contributed by atoms with van der Waals surface area (Å²) in [6, 6.07) is 7.35. The second-order valence-corrected chi connectivity index (χ2v) is 5.94. The summed E-state index contributed by atoms with van der Waals surface area (Å²) < 4.78 is 52.8. The van der Waals surface area contributed by atoms with Crippen LogP contribution in [0.15, 0.2) is 36.5 Å². The smallest absolute Gasteiger partial charge is 0.417 e. The van der Waals surface area contributed by atoms with E-state index in [1.807, 2.05) is 0 Å². The van der Waals surface area contributed by atoms with Crippen LogP contribution in [-0.2, 0) is 20.5 Å². The van der Waals surface area contributed by atoms with Crippen molar-refractivity contribution in [3.63, 3.8) is 0 Å². The number of pyridine rings is 1. The van der Waals surface area contributed by atoms with E-state index in [0.717, 1.165) is 0 Å². The topological polar surface area (TPSA) is 86.8 Å². The third-order valence-electron chi connectivity index (χ3n) is 3.42. The molecular weight excluding hydrogens is 417 g/mol. The van der Waals surface area contributed by atoms with E-state index in [1.165, 1.54) is 7.11 Å². The molecule has 11 heteroatoms. The summed E-state index contributed by atoms with van der Waals surface area (Å²) in [4.78, 5) is 26.9. The number of halogens is 4. The summed E-state index contributed by atoms with van der Waals surface area (Å²) >= 11 is 5.68. The predicted molar refractivity (Wildman–Crippen MR) is 96.9 cm³/mol. The Morgan fingerprint density at radius 3 is 2.41 bits per heavy atom. The van der Waals surface area contributed by atoms with E-state index in [0.29, 0.717) is 23.8 Å². The molecule has 2 aromatic rings. The molecule has 7 nitrogen and oxygen atoms in total. The molecular formula is C18H16ClF3N2O5. The highest BCUT2D eigenvalue weighted by Gasteiger charge is 2.31. The van der Waals surface area contributed by atoms with Gasteiger partial charge in [0.05, 0.1) is 30.7 Å². The van der Waals surface area contributed by atoms with Gasteiger partial charge in [0.2, 0.25) is 0 Å². The van der Waals surface area contributed by atoms with Gasteiger partial charge in [0.25, 0.3) is 5.91 Å². The fraction of sp³-hybridized carbons (Fsp3) is 0.278. The number of hydrogen-bond acceptors (Lipinski definition) is 6. The number of nitrogens with zero attached hydrogens (tertiary/aromatic N) is 1. The van der Waals surface area contributed by atoms with Crippen LogP contribution >= 0.6 is 11.6 Å². The minimum Gasteiger partial charge on any atom is -0.497 e. The number of carbonyl (C=O) groups excluding carboxylic acids is 2. The number of esters is 1. The first-order chi connectivity index (χ1) is 13.7. The Morgan fingerprint density at radius 2 is 1.83 bits per heavy atom. The second-order valence-electron chi connectivity index (χ2n) is 5.54. The first-order valence-electron chi connectivity index (χ1n) is 8.14. The minimum absolute atomic E-state index is 0.0269. The molecule has 0 saturated heterocycles. The molecule has 0 spiro atoms. The molecule has 0 atom stereocenters. The Bertz CT molecular complexity index is 860. The number of rotatable bonds is 8. The molecule has 1 N–H and O–H groups in total. The first-order valence-corrected chi connectivity index (χ1v) is 8.52. The van der Waals surface area contributed by atoms with Gasteiger partial charge in [-0.15, -0.1) is 0 Å². The van der Waals surface area contributed by atoms with Gasteiger partial charge < -0.3 is 19.5 Å². The van der Waals surface area contributed by atoms with Crippen LogP contribution in [0.4, 0.5) is 19.0 Å². The maximum absolute atomic E-state index is 12.6. The van der Waals surface area contributed by atoms with Crippen molar-refractivity contribution in [3.05, 3.63) is 47.1 Å². The molecule has 2 rings (SSSR count). The Kier molecular flexibility index (Phi) is 7.66. The van der Waals surface area contributed by atoms with E-state index >= 15 is 0 Å². The number of amides is 1. The molecule has 29 heavy (non-hydrogen) atoms. The number of anilines is 1. The van der Waals surface area contributed by atoms with Crippen molar-refractivity contribution >= 4 is 29.3 Å². The molecule has 0 fully saturated rings. The number of carbonyl (C=O) groups is 2. The molecule has 156 valence electrons. The van der Waals surface area contributed by atoms with E-state index in [1.54, 1.807) is 24.3 Å². The fourth-order valence-electron chi connectivity index (χ4n) is 2.00. The summed E-state index contributed by atoms with van der Waals surface area (Å²) in [5.41, 5.74) is -1.05. The van der Waals surface area contributed by atoms with Gasteiger partial charge in [0.1, 0.15) is 11.5 Å². The van der Waals surface area contributed by atoms with Crippen LogP contribution in [0, 0.1) is 0 Å². The molecule has 0 radical (unpaired) electrons. The SMILES string of the molecule is COc1ccc(OCCC(=O)OCC(=O)Nc2ncc(C(F)(F)F)cc2Cl)cc1. The Morgan fingerprint density at radius 1 is 1.17 bits per heavy atom.